The van der Waals surface area contributed by atoms with Crippen molar-refractivity contribution in [3.8, 4) is 28.6 Å². The van der Waals surface area contributed by atoms with Gasteiger partial charge in [-0.05, 0) is 17.7 Å². The minimum Gasteiger partial charge on any atom is -0.507 e. The molecule has 3 aromatic heterocycles. The number of alkyl halides is 3. The Kier molecular flexibility index (Phi) is 6.78. The van der Waals surface area contributed by atoms with Crippen LogP contribution in [-0.2, 0) is 17.5 Å². The Morgan fingerprint density at radius 2 is 2.02 bits per heavy atom. The number of aromatic hydroxyl groups is 1. The van der Waals surface area contributed by atoms with Crippen LogP contribution in [0.2, 0.25) is 0 Å². The zero-order chi connectivity index (χ0) is 28.6. The smallest absolute Gasteiger partial charge is 0.435 e. The molecule has 1 aromatic carbocycles. The van der Waals surface area contributed by atoms with Gasteiger partial charge in [0.15, 0.2) is 5.69 Å². The van der Waals surface area contributed by atoms with Gasteiger partial charge in [-0.25, -0.2) is 9.97 Å². The maximum atomic E-state index is 14.0. The van der Waals surface area contributed by atoms with Crippen molar-refractivity contribution in [2.75, 3.05) is 32.8 Å². The minimum absolute atomic E-state index is 0.0114. The van der Waals surface area contributed by atoms with E-state index in [2.05, 4.69) is 25.4 Å². The summed E-state index contributed by atoms with van der Waals surface area (Å²) in [6.07, 6.45) is 3.89. The highest BCUT2D eigenvalue weighted by Crippen LogP contribution is 2.37. The van der Waals surface area contributed by atoms with Crippen LogP contribution in [-0.4, -0.2) is 79.2 Å². The van der Waals surface area contributed by atoms with Crippen LogP contribution >= 0.6 is 0 Å². The molecule has 0 radical (unpaired) electrons. The average Bonchev–Trinajstić information content (AvgIpc) is 3.59. The number of nitrogens with zero attached hydrogens (tertiary/aromatic N) is 7. The third-order valence-electron chi connectivity index (χ3n) is 6.53. The Bertz CT molecular complexity index is 1670. The number of ether oxygens (including phenoxy) is 2. The number of morpholine rings is 1. The maximum absolute atomic E-state index is 14.0. The highest BCUT2D eigenvalue weighted by Gasteiger charge is 2.38. The molecule has 15 heteroatoms. The lowest BCUT2D eigenvalue weighted by atomic mass is 10.1. The molecule has 5 heterocycles. The highest BCUT2D eigenvalue weighted by atomic mass is 19.4. The third kappa shape index (κ3) is 5.30. The zero-order valence-electron chi connectivity index (χ0n) is 21.4. The van der Waals surface area contributed by atoms with Crippen LogP contribution in [0.1, 0.15) is 16.1 Å². The molecule has 1 fully saturated rings. The quantitative estimate of drug-likeness (QED) is 0.363. The molecule has 0 bridgehead atoms. The molecule has 12 nitrogen and oxygen atoms in total. The fourth-order valence-electron chi connectivity index (χ4n) is 4.59. The van der Waals surface area contributed by atoms with Gasteiger partial charge < -0.3 is 24.8 Å². The topological polar surface area (TPSA) is 131 Å². The van der Waals surface area contributed by atoms with Crippen LogP contribution in [0.4, 0.5) is 13.2 Å². The predicted molar refractivity (Wildman–Crippen MR) is 139 cm³/mol. The second kappa shape index (κ2) is 10.6. The standard InChI is InChI=1S/C26H23F3N8O4/c27-26(28,29)22-19(14-36(34-22)13-16-10-30-15-31-11-16)20-12-33-23-24(32-3-4-37(20)23)41-17-1-2-18(21(38)9-17)25(39)35-5-7-40-8-6-35/h1-4,9-10,12,14-15,38H,5-8,11,13H2,(H,30,31). The Balaban J connectivity index is 1.29. The van der Waals surface area contributed by atoms with E-state index >= 15 is 0 Å². The van der Waals surface area contributed by atoms with E-state index in [0.29, 0.717) is 32.8 Å². The first-order valence-corrected chi connectivity index (χ1v) is 12.5. The average molecular weight is 569 g/mol. The molecule has 1 amide bonds. The number of hydrogen-bond donors (Lipinski definition) is 2. The number of phenols is 1. The van der Waals surface area contributed by atoms with Crippen LogP contribution < -0.4 is 10.1 Å². The SMILES string of the molecule is O=C(c1ccc(Oc2nccn3c(-c4cn(CC5=CNC=NC5)nc4C(F)(F)F)cnc23)cc1O)N1CCOCC1. The number of hydrogen-bond acceptors (Lipinski definition) is 9. The van der Waals surface area contributed by atoms with Crippen molar-refractivity contribution in [3.05, 3.63) is 66.0 Å². The fraction of sp³-hybridized carbons (Fsp3) is 0.269. The molecule has 0 saturated carbocycles. The van der Waals surface area contributed by atoms with Gasteiger partial charge in [0.25, 0.3) is 11.8 Å². The van der Waals surface area contributed by atoms with Crippen molar-refractivity contribution in [2.24, 2.45) is 4.99 Å². The third-order valence-corrected chi connectivity index (χ3v) is 6.53. The molecule has 0 spiro atoms. The number of carbonyl (C=O) groups excluding carboxylic acids is 1. The van der Waals surface area contributed by atoms with E-state index in [9.17, 15) is 23.1 Å². The lowest BCUT2D eigenvalue weighted by Crippen LogP contribution is -2.40. The van der Waals surface area contributed by atoms with Gasteiger partial charge in [0.05, 0.1) is 55.7 Å². The highest BCUT2D eigenvalue weighted by molar-refractivity contribution is 5.97. The summed E-state index contributed by atoms with van der Waals surface area (Å²) in [5.74, 6) is -0.471. The van der Waals surface area contributed by atoms with Crippen molar-refractivity contribution in [1.29, 1.82) is 0 Å². The van der Waals surface area contributed by atoms with Crippen LogP contribution in [0, 0.1) is 0 Å². The molecule has 41 heavy (non-hydrogen) atoms. The van der Waals surface area contributed by atoms with E-state index in [-0.39, 0.29) is 52.3 Å². The van der Waals surface area contributed by atoms with Crippen molar-refractivity contribution in [2.45, 2.75) is 12.7 Å². The van der Waals surface area contributed by atoms with Gasteiger partial charge >= 0.3 is 6.18 Å². The first-order chi connectivity index (χ1) is 19.8. The van der Waals surface area contributed by atoms with Gasteiger partial charge in [-0.15, -0.1) is 0 Å². The molecule has 0 unspecified atom stereocenters. The van der Waals surface area contributed by atoms with E-state index in [1.54, 1.807) is 11.1 Å². The summed E-state index contributed by atoms with van der Waals surface area (Å²) >= 11 is 0. The second-order valence-electron chi connectivity index (χ2n) is 9.28. The molecule has 4 aromatic rings. The van der Waals surface area contributed by atoms with E-state index in [0.717, 1.165) is 5.57 Å². The van der Waals surface area contributed by atoms with E-state index in [4.69, 9.17) is 9.47 Å². The minimum atomic E-state index is -4.72. The summed E-state index contributed by atoms with van der Waals surface area (Å²) < 4.78 is 55.7. The number of phenolic OH excluding ortho intramolecular Hbond substituents is 1. The normalized spacial score (nSPS) is 15.6. The van der Waals surface area contributed by atoms with Gasteiger partial charge in [-0.2, -0.15) is 18.3 Å². The van der Waals surface area contributed by atoms with Crippen molar-refractivity contribution in [3.63, 3.8) is 0 Å². The number of fused-ring (bicyclic) bond motifs is 1. The molecule has 2 aliphatic rings. The Morgan fingerprint density at radius 3 is 2.76 bits per heavy atom. The molecular weight excluding hydrogens is 545 g/mol. The summed E-state index contributed by atoms with van der Waals surface area (Å²) in [6.45, 7) is 2.15. The second-order valence-corrected chi connectivity index (χ2v) is 9.28. The lowest BCUT2D eigenvalue weighted by Gasteiger charge is -2.27. The number of amides is 1. The van der Waals surface area contributed by atoms with Crippen molar-refractivity contribution in [1.82, 2.24) is 34.4 Å². The van der Waals surface area contributed by atoms with Crippen molar-refractivity contribution >= 4 is 17.9 Å². The number of nitrogens with one attached hydrogen (secondary N) is 1. The fourth-order valence-corrected chi connectivity index (χ4v) is 4.59. The molecule has 1 saturated heterocycles. The van der Waals surface area contributed by atoms with E-state index in [1.165, 1.54) is 58.4 Å². The molecule has 2 aliphatic heterocycles. The number of imidazole rings is 1. The van der Waals surface area contributed by atoms with Gasteiger partial charge in [0, 0.05) is 43.9 Å². The largest absolute Gasteiger partial charge is 0.507 e. The molecule has 212 valence electrons. The Labute approximate surface area is 230 Å². The molecule has 6 rings (SSSR count). The van der Waals surface area contributed by atoms with E-state index in [1.807, 2.05) is 0 Å². The number of aromatic nitrogens is 5. The first-order valence-electron chi connectivity index (χ1n) is 12.5. The van der Waals surface area contributed by atoms with Gasteiger partial charge in [0.1, 0.15) is 11.5 Å². The Morgan fingerprint density at radius 1 is 1.20 bits per heavy atom. The number of halogens is 3. The predicted octanol–water partition coefficient (Wildman–Crippen LogP) is 3.10. The lowest BCUT2D eigenvalue weighted by molar-refractivity contribution is -0.141. The summed E-state index contributed by atoms with van der Waals surface area (Å²) in [4.78, 5) is 26.9. The maximum Gasteiger partial charge on any atom is 0.435 e. The Hall–Kier alpha value is -4.92. The number of benzene rings is 1. The molecular formula is C26H23F3N8O4. The molecule has 0 atom stereocenters. The van der Waals surface area contributed by atoms with E-state index < -0.39 is 11.9 Å². The summed E-state index contributed by atoms with van der Waals surface area (Å²) in [7, 11) is 0. The number of carbonyl (C=O) groups is 1. The summed E-state index contributed by atoms with van der Waals surface area (Å²) in [5, 5.41) is 17.2. The van der Waals surface area contributed by atoms with Crippen molar-refractivity contribution < 1.29 is 32.5 Å². The molecule has 0 aliphatic carbocycles. The van der Waals surface area contributed by atoms with Crippen LogP contribution in [0.3, 0.4) is 0 Å². The number of aliphatic imine (C=N–C) groups is 1. The van der Waals surface area contributed by atoms with Crippen LogP contribution in [0.25, 0.3) is 16.9 Å². The first kappa shape index (κ1) is 26.3. The van der Waals surface area contributed by atoms with Gasteiger partial charge in [-0.1, -0.05) is 0 Å². The summed E-state index contributed by atoms with van der Waals surface area (Å²) in [5.41, 5.74) is -0.0831. The van der Waals surface area contributed by atoms with Crippen LogP contribution in [0.5, 0.6) is 17.4 Å². The van der Waals surface area contributed by atoms with Gasteiger partial charge in [0.2, 0.25) is 5.65 Å². The monoisotopic (exact) mass is 568 g/mol. The van der Waals surface area contributed by atoms with Gasteiger partial charge in [-0.3, -0.25) is 18.9 Å². The van der Waals surface area contributed by atoms with Crippen LogP contribution in [0.15, 0.2) is 59.8 Å². The zero-order valence-corrected chi connectivity index (χ0v) is 21.4. The number of rotatable bonds is 6. The molecule has 2 N–H and O–H groups in total. The summed E-state index contributed by atoms with van der Waals surface area (Å²) in [6, 6.07) is 4.20.